The molecule has 3 aromatic rings. The summed E-state index contributed by atoms with van der Waals surface area (Å²) in [7, 11) is 0. The Bertz CT molecular complexity index is 1010. The third kappa shape index (κ3) is 5.44. The summed E-state index contributed by atoms with van der Waals surface area (Å²) in [6, 6.07) is 21.6. The number of para-hydroxylation sites is 1. The fourth-order valence-electron chi connectivity index (χ4n) is 2.89. The number of benzene rings is 3. The Morgan fingerprint density at radius 2 is 1.50 bits per heavy atom. The SMILES string of the molecule is C[C@H](Oc1ccc(F)cc1)C(=O)Nc1ccccc1C(=O)N[C@@H](C)c1ccccc1. The van der Waals surface area contributed by atoms with Gasteiger partial charge in [-0.15, -0.1) is 0 Å². The number of rotatable bonds is 7. The van der Waals surface area contributed by atoms with E-state index in [0.717, 1.165) is 5.56 Å². The van der Waals surface area contributed by atoms with Gasteiger partial charge < -0.3 is 15.4 Å². The van der Waals surface area contributed by atoms with E-state index in [1.165, 1.54) is 24.3 Å². The molecule has 2 atom stereocenters. The Balaban J connectivity index is 1.67. The maximum atomic E-state index is 13.0. The van der Waals surface area contributed by atoms with Crippen LogP contribution in [0.25, 0.3) is 0 Å². The average molecular weight is 406 g/mol. The first-order valence-electron chi connectivity index (χ1n) is 9.62. The maximum absolute atomic E-state index is 13.0. The van der Waals surface area contributed by atoms with Crippen molar-refractivity contribution >= 4 is 17.5 Å². The predicted molar refractivity (Wildman–Crippen MR) is 114 cm³/mol. The Morgan fingerprint density at radius 1 is 0.867 bits per heavy atom. The minimum atomic E-state index is -0.838. The van der Waals surface area contributed by atoms with E-state index in [0.29, 0.717) is 17.0 Å². The minimum Gasteiger partial charge on any atom is -0.481 e. The Hall–Kier alpha value is -3.67. The van der Waals surface area contributed by atoms with E-state index in [-0.39, 0.29) is 17.8 Å². The number of hydrogen-bond donors (Lipinski definition) is 2. The van der Waals surface area contributed by atoms with Crippen molar-refractivity contribution in [2.45, 2.75) is 26.0 Å². The van der Waals surface area contributed by atoms with E-state index in [2.05, 4.69) is 10.6 Å². The van der Waals surface area contributed by atoms with Crippen LogP contribution in [0.2, 0.25) is 0 Å². The highest BCUT2D eigenvalue weighted by Crippen LogP contribution is 2.19. The molecule has 0 aromatic heterocycles. The normalized spacial score (nSPS) is 12.5. The molecule has 3 rings (SSSR count). The van der Waals surface area contributed by atoms with E-state index < -0.39 is 12.0 Å². The molecule has 0 aliphatic heterocycles. The molecule has 3 aromatic carbocycles. The molecule has 6 heteroatoms. The van der Waals surface area contributed by atoms with Gasteiger partial charge in [-0.2, -0.15) is 0 Å². The van der Waals surface area contributed by atoms with Crippen molar-refractivity contribution in [2.75, 3.05) is 5.32 Å². The first kappa shape index (κ1) is 21.0. The molecule has 0 fully saturated rings. The molecule has 0 radical (unpaired) electrons. The zero-order chi connectivity index (χ0) is 21.5. The third-order valence-corrected chi connectivity index (χ3v) is 4.57. The second-order valence-corrected chi connectivity index (χ2v) is 6.85. The van der Waals surface area contributed by atoms with Crippen LogP contribution >= 0.6 is 0 Å². The van der Waals surface area contributed by atoms with E-state index >= 15 is 0 Å². The van der Waals surface area contributed by atoms with Crippen LogP contribution in [-0.2, 0) is 4.79 Å². The van der Waals surface area contributed by atoms with E-state index in [1.54, 1.807) is 31.2 Å². The van der Waals surface area contributed by atoms with Crippen LogP contribution in [0.1, 0.15) is 35.8 Å². The van der Waals surface area contributed by atoms with Crippen LogP contribution in [0.3, 0.4) is 0 Å². The maximum Gasteiger partial charge on any atom is 0.265 e. The van der Waals surface area contributed by atoms with Gasteiger partial charge in [-0.05, 0) is 55.8 Å². The van der Waals surface area contributed by atoms with Gasteiger partial charge in [0.15, 0.2) is 6.10 Å². The molecule has 154 valence electrons. The highest BCUT2D eigenvalue weighted by atomic mass is 19.1. The van der Waals surface area contributed by atoms with Crippen molar-refractivity contribution in [1.29, 1.82) is 0 Å². The average Bonchev–Trinajstić information content (AvgIpc) is 2.76. The van der Waals surface area contributed by atoms with E-state index in [4.69, 9.17) is 4.74 Å². The standard InChI is InChI=1S/C24H23FN2O3/c1-16(18-8-4-3-5-9-18)26-24(29)21-10-6-7-11-22(21)27-23(28)17(2)30-20-14-12-19(25)13-15-20/h3-17H,1-2H3,(H,26,29)(H,27,28)/t16-,17-/m0/s1. The molecule has 30 heavy (non-hydrogen) atoms. The smallest absolute Gasteiger partial charge is 0.265 e. The van der Waals surface area contributed by atoms with Crippen LogP contribution < -0.4 is 15.4 Å². The van der Waals surface area contributed by atoms with Gasteiger partial charge in [0.25, 0.3) is 11.8 Å². The quantitative estimate of drug-likeness (QED) is 0.596. The summed E-state index contributed by atoms with van der Waals surface area (Å²) in [6.07, 6.45) is -0.838. The predicted octanol–water partition coefficient (Wildman–Crippen LogP) is 4.72. The summed E-state index contributed by atoms with van der Waals surface area (Å²) >= 11 is 0. The van der Waals surface area contributed by atoms with Gasteiger partial charge in [-0.25, -0.2) is 4.39 Å². The van der Waals surface area contributed by atoms with Crippen molar-refractivity contribution in [1.82, 2.24) is 5.32 Å². The zero-order valence-corrected chi connectivity index (χ0v) is 16.8. The number of halogens is 1. The molecule has 0 saturated heterocycles. The number of carbonyl (C=O) groups excluding carboxylic acids is 2. The van der Waals surface area contributed by atoms with Gasteiger partial charge in [0.05, 0.1) is 17.3 Å². The van der Waals surface area contributed by atoms with Gasteiger partial charge in [0.1, 0.15) is 11.6 Å². The lowest BCUT2D eigenvalue weighted by molar-refractivity contribution is -0.122. The lowest BCUT2D eigenvalue weighted by Gasteiger charge is -2.18. The minimum absolute atomic E-state index is 0.191. The molecule has 2 amide bonds. The van der Waals surface area contributed by atoms with E-state index in [1.807, 2.05) is 37.3 Å². The van der Waals surface area contributed by atoms with Gasteiger partial charge >= 0.3 is 0 Å². The summed E-state index contributed by atoms with van der Waals surface area (Å²) < 4.78 is 18.6. The van der Waals surface area contributed by atoms with Crippen LogP contribution in [0.5, 0.6) is 5.75 Å². The fourth-order valence-corrected chi connectivity index (χ4v) is 2.89. The first-order chi connectivity index (χ1) is 14.4. The van der Waals surface area contributed by atoms with Crippen LogP contribution in [0.15, 0.2) is 78.9 Å². The summed E-state index contributed by atoms with van der Waals surface area (Å²) in [6.45, 7) is 3.48. The van der Waals surface area contributed by atoms with Crippen LogP contribution in [0, 0.1) is 5.82 Å². The van der Waals surface area contributed by atoms with Gasteiger partial charge in [0, 0.05) is 0 Å². The topological polar surface area (TPSA) is 67.4 Å². The largest absolute Gasteiger partial charge is 0.481 e. The zero-order valence-electron chi connectivity index (χ0n) is 16.8. The molecule has 0 spiro atoms. The van der Waals surface area contributed by atoms with Gasteiger partial charge in [0.2, 0.25) is 0 Å². The fraction of sp³-hybridized carbons (Fsp3) is 0.167. The lowest BCUT2D eigenvalue weighted by atomic mass is 10.1. The molecular weight excluding hydrogens is 383 g/mol. The Kier molecular flexibility index (Phi) is 6.80. The molecule has 5 nitrogen and oxygen atoms in total. The number of hydrogen-bond acceptors (Lipinski definition) is 3. The molecule has 0 bridgehead atoms. The molecule has 0 unspecified atom stereocenters. The number of anilines is 1. The first-order valence-corrected chi connectivity index (χ1v) is 9.62. The van der Waals surface area contributed by atoms with Crippen LogP contribution in [-0.4, -0.2) is 17.9 Å². The number of amides is 2. The molecule has 2 N–H and O–H groups in total. The Labute approximate surface area is 174 Å². The lowest BCUT2D eigenvalue weighted by Crippen LogP contribution is -2.32. The van der Waals surface area contributed by atoms with Crippen molar-refractivity contribution in [3.05, 3.63) is 95.8 Å². The summed E-state index contributed by atoms with van der Waals surface area (Å²) in [5.41, 5.74) is 1.71. The highest BCUT2D eigenvalue weighted by Gasteiger charge is 2.19. The highest BCUT2D eigenvalue weighted by molar-refractivity contribution is 6.04. The molecular formula is C24H23FN2O3. The second-order valence-electron chi connectivity index (χ2n) is 6.85. The summed E-state index contributed by atoms with van der Waals surface area (Å²) in [5, 5.41) is 5.68. The monoisotopic (exact) mass is 406 g/mol. The number of ether oxygens (including phenoxy) is 1. The van der Waals surface area contributed by atoms with Crippen molar-refractivity contribution in [3.8, 4) is 5.75 Å². The van der Waals surface area contributed by atoms with E-state index in [9.17, 15) is 14.0 Å². The van der Waals surface area contributed by atoms with Crippen LogP contribution in [0.4, 0.5) is 10.1 Å². The molecule has 0 saturated carbocycles. The molecule has 0 aliphatic carbocycles. The molecule has 0 aliphatic rings. The third-order valence-electron chi connectivity index (χ3n) is 4.57. The second kappa shape index (κ2) is 9.69. The summed E-state index contributed by atoms with van der Waals surface area (Å²) in [5.74, 6) is -0.726. The molecule has 0 heterocycles. The Morgan fingerprint density at radius 3 is 2.20 bits per heavy atom. The van der Waals surface area contributed by atoms with Gasteiger partial charge in [-0.3, -0.25) is 9.59 Å². The van der Waals surface area contributed by atoms with Gasteiger partial charge in [-0.1, -0.05) is 42.5 Å². The van der Waals surface area contributed by atoms with Crippen molar-refractivity contribution < 1.29 is 18.7 Å². The summed E-state index contributed by atoms with van der Waals surface area (Å²) in [4.78, 5) is 25.4. The number of nitrogens with one attached hydrogen (secondary N) is 2. The number of carbonyl (C=O) groups is 2. The van der Waals surface area contributed by atoms with Crippen molar-refractivity contribution in [2.24, 2.45) is 0 Å². The van der Waals surface area contributed by atoms with Crippen molar-refractivity contribution in [3.63, 3.8) is 0 Å².